The lowest BCUT2D eigenvalue weighted by molar-refractivity contribution is -0.131. The van der Waals surface area contributed by atoms with Crippen molar-refractivity contribution in [3.8, 4) is 11.1 Å². The molecule has 0 N–H and O–H groups in total. The van der Waals surface area contributed by atoms with E-state index in [0.29, 0.717) is 30.1 Å². The molecule has 3 aromatic rings. The number of likely N-dealkylation sites (tertiary alicyclic amines) is 1. The number of benzene rings is 2. The third-order valence-corrected chi connectivity index (χ3v) is 8.19. The molecule has 2 aliphatic carbocycles. The van der Waals surface area contributed by atoms with Gasteiger partial charge in [-0.1, -0.05) is 18.2 Å². The van der Waals surface area contributed by atoms with Crippen molar-refractivity contribution in [3.05, 3.63) is 54.0 Å². The third kappa shape index (κ3) is 3.45. The van der Waals surface area contributed by atoms with Gasteiger partial charge in [0.05, 0.1) is 11.7 Å². The fourth-order valence-electron chi connectivity index (χ4n) is 5.74. The number of fused-ring (bicyclic) bond motifs is 1. The Labute approximate surface area is 208 Å². The first-order chi connectivity index (χ1) is 17.4. The summed E-state index contributed by atoms with van der Waals surface area (Å²) >= 11 is 0. The van der Waals surface area contributed by atoms with E-state index >= 15 is 4.39 Å². The molecule has 3 fully saturated rings. The summed E-state index contributed by atoms with van der Waals surface area (Å²) in [6, 6.07) is 10.9. The van der Waals surface area contributed by atoms with Gasteiger partial charge in [0.15, 0.2) is 0 Å². The Hall–Kier alpha value is -3.55. The van der Waals surface area contributed by atoms with Crippen LogP contribution in [0.3, 0.4) is 0 Å². The Kier molecular flexibility index (Phi) is 4.66. The maximum atomic E-state index is 15.4. The van der Waals surface area contributed by atoms with Crippen LogP contribution in [0.1, 0.15) is 37.7 Å². The zero-order valence-corrected chi connectivity index (χ0v) is 20.3. The Balaban J connectivity index is 1.15. The zero-order chi connectivity index (χ0) is 24.6. The highest BCUT2D eigenvalue weighted by Gasteiger charge is 2.57. The Bertz CT molecular complexity index is 1450. The third-order valence-electron chi connectivity index (χ3n) is 8.19. The highest BCUT2D eigenvalue weighted by atomic mass is 19.1. The number of amides is 2. The van der Waals surface area contributed by atoms with Crippen molar-refractivity contribution in [1.29, 1.82) is 0 Å². The lowest BCUT2D eigenvalue weighted by Crippen LogP contribution is -2.41. The van der Waals surface area contributed by atoms with Crippen molar-refractivity contribution in [1.82, 2.24) is 19.6 Å². The number of hydrogen-bond donors (Lipinski definition) is 0. The summed E-state index contributed by atoms with van der Waals surface area (Å²) in [4.78, 5) is 34.4. The minimum atomic E-state index is -0.655. The van der Waals surface area contributed by atoms with Crippen molar-refractivity contribution < 1.29 is 14.0 Å². The van der Waals surface area contributed by atoms with Crippen LogP contribution in [0, 0.1) is 17.7 Å². The first-order valence-corrected chi connectivity index (χ1v) is 12.8. The standard InChI is InChI=1S/C28H28FN5O2/c1-32-24-7-5-19(12-21(24)14-30-32)22-6-4-20(13-23(22)29)25-31-28(9-10-28)27(36)34(25)16-17-8-11-33(15-17)26(35)18-2-3-18/h4-7,12-14,17-18H,2-3,8-11,15-16H2,1H3/t17-/m1/s1. The molecule has 4 aliphatic rings. The average molecular weight is 486 g/mol. The predicted molar refractivity (Wildman–Crippen MR) is 134 cm³/mol. The lowest BCUT2D eigenvalue weighted by atomic mass is 10.0. The summed E-state index contributed by atoms with van der Waals surface area (Å²) in [5.41, 5.74) is 2.25. The summed E-state index contributed by atoms with van der Waals surface area (Å²) in [5, 5.41) is 5.23. The molecular weight excluding hydrogens is 457 g/mol. The number of halogens is 1. The van der Waals surface area contributed by atoms with Crippen LogP contribution in [0.25, 0.3) is 22.0 Å². The Morgan fingerprint density at radius 1 is 1.11 bits per heavy atom. The number of hydrogen-bond acceptors (Lipinski definition) is 4. The summed E-state index contributed by atoms with van der Waals surface area (Å²) in [6.45, 7) is 1.96. The van der Waals surface area contributed by atoms with Crippen LogP contribution >= 0.6 is 0 Å². The van der Waals surface area contributed by atoms with E-state index in [1.807, 2.05) is 36.2 Å². The number of amidine groups is 1. The molecule has 1 spiro atoms. The van der Waals surface area contributed by atoms with Crippen LogP contribution in [0.15, 0.2) is 47.6 Å². The monoisotopic (exact) mass is 485 g/mol. The van der Waals surface area contributed by atoms with Crippen molar-refractivity contribution in [2.75, 3.05) is 19.6 Å². The minimum Gasteiger partial charge on any atom is -0.342 e. The molecule has 7 rings (SSSR count). The van der Waals surface area contributed by atoms with E-state index in [0.717, 1.165) is 55.1 Å². The SMILES string of the molecule is Cn1ncc2cc(-c3ccc(C4=NC5(CC5)C(=O)N4C[C@@H]4CCN(C(=O)C5CC5)C4)cc3F)ccc21. The molecule has 184 valence electrons. The van der Waals surface area contributed by atoms with Gasteiger partial charge in [0.1, 0.15) is 17.2 Å². The molecule has 2 aliphatic heterocycles. The Morgan fingerprint density at radius 2 is 1.92 bits per heavy atom. The fourth-order valence-corrected chi connectivity index (χ4v) is 5.74. The van der Waals surface area contributed by atoms with Crippen molar-refractivity contribution in [2.24, 2.45) is 23.9 Å². The van der Waals surface area contributed by atoms with Crippen molar-refractivity contribution in [3.63, 3.8) is 0 Å². The highest BCUT2D eigenvalue weighted by Crippen LogP contribution is 2.46. The maximum absolute atomic E-state index is 15.4. The van der Waals surface area contributed by atoms with Gasteiger partial charge in [-0.15, -0.1) is 0 Å². The number of carbonyl (C=O) groups excluding carboxylic acids is 2. The smallest absolute Gasteiger partial charge is 0.256 e. The van der Waals surface area contributed by atoms with Crippen molar-refractivity contribution in [2.45, 2.75) is 37.6 Å². The van der Waals surface area contributed by atoms with Crippen molar-refractivity contribution >= 4 is 28.6 Å². The fraction of sp³-hybridized carbons (Fsp3) is 0.429. The molecule has 2 amide bonds. The number of aryl methyl sites for hydroxylation is 1. The van der Waals surface area contributed by atoms with Gasteiger partial charge in [-0.05, 0) is 61.8 Å². The quantitative estimate of drug-likeness (QED) is 0.553. The summed E-state index contributed by atoms with van der Waals surface area (Å²) in [5.74, 6) is 0.939. The second-order valence-electron chi connectivity index (χ2n) is 10.8. The van der Waals surface area contributed by atoms with E-state index in [1.165, 1.54) is 6.07 Å². The van der Waals surface area contributed by atoms with Crippen LogP contribution < -0.4 is 0 Å². The second-order valence-corrected chi connectivity index (χ2v) is 10.8. The molecule has 0 bridgehead atoms. The van der Waals surface area contributed by atoms with Crippen LogP contribution in [-0.2, 0) is 16.6 Å². The predicted octanol–water partition coefficient (Wildman–Crippen LogP) is 3.76. The molecule has 8 heteroatoms. The first-order valence-electron chi connectivity index (χ1n) is 12.8. The molecular formula is C28H28FN5O2. The van der Waals surface area contributed by atoms with Gasteiger partial charge in [0.2, 0.25) is 5.91 Å². The van der Waals surface area contributed by atoms with Gasteiger partial charge in [-0.25, -0.2) is 4.39 Å². The van der Waals surface area contributed by atoms with E-state index in [2.05, 4.69) is 5.10 Å². The normalized spacial score (nSPS) is 22.7. The van der Waals surface area contributed by atoms with Crippen LogP contribution in [0.5, 0.6) is 0 Å². The summed E-state index contributed by atoms with van der Waals surface area (Å²) < 4.78 is 17.2. The molecule has 7 nitrogen and oxygen atoms in total. The molecule has 1 saturated heterocycles. The molecule has 36 heavy (non-hydrogen) atoms. The number of rotatable bonds is 5. The molecule has 2 aromatic carbocycles. The van der Waals surface area contributed by atoms with Gasteiger partial charge >= 0.3 is 0 Å². The highest BCUT2D eigenvalue weighted by molar-refractivity contribution is 6.16. The van der Waals surface area contributed by atoms with E-state index < -0.39 is 5.54 Å². The molecule has 0 radical (unpaired) electrons. The zero-order valence-electron chi connectivity index (χ0n) is 20.3. The van der Waals surface area contributed by atoms with Gasteiger partial charge < -0.3 is 4.90 Å². The van der Waals surface area contributed by atoms with Gasteiger partial charge in [0, 0.05) is 49.1 Å². The number of aliphatic imine (C=N–C) groups is 1. The van der Waals surface area contributed by atoms with Crippen LogP contribution in [0.2, 0.25) is 0 Å². The Morgan fingerprint density at radius 3 is 2.67 bits per heavy atom. The molecule has 1 atom stereocenters. The van der Waals surface area contributed by atoms with Gasteiger partial charge in [-0.2, -0.15) is 5.10 Å². The molecule has 1 aromatic heterocycles. The van der Waals surface area contributed by atoms with Gasteiger partial charge in [-0.3, -0.25) is 24.2 Å². The van der Waals surface area contributed by atoms with Gasteiger partial charge in [0.25, 0.3) is 5.91 Å². The number of aromatic nitrogens is 2. The largest absolute Gasteiger partial charge is 0.342 e. The van der Waals surface area contributed by atoms with E-state index in [1.54, 1.807) is 21.8 Å². The lowest BCUT2D eigenvalue weighted by Gasteiger charge is -2.24. The van der Waals surface area contributed by atoms with E-state index in [4.69, 9.17) is 4.99 Å². The summed E-state index contributed by atoms with van der Waals surface area (Å²) in [7, 11) is 1.88. The van der Waals surface area contributed by atoms with Crippen LogP contribution in [0.4, 0.5) is 4.39 Å². The van der Waals surface area contributed by atoms with E-state index in [9.17, 15) is 9.59 Å². The maximum Gasteiger partial charge on any atom is 0.256 e. The van der Waals surface area contributed by atoms with E-state index in [-0.39, 0.29) is 29.5 Å². The van der Waals surface area contributed by atoms with Crippen LogP contribution in [-0.4, -0.2) is 62.4 Å². The molecule has 2 saturated carbocycles. The number of nitrogens with zero attached hydrogens (tertiary/aromatic N) is 5. The molecule has 0 unspecified atom stereocenters. The minimum absolute atomic E-state index is 0.0241. The number of carbonyl (C=O) groups is 2. The second kappa shape index (κ2) is 7.72. The average Bonchev–Trinajstić information content (AvgIpc) is 3.78. The summed E-state index contributed by atoms with van der Waals surface area (Å²) in [6.07, 6.45) is 6.15. The topological polar surface area (TPSA) is 70.8 Å². The first kappa shape index (κ1) is 21.7. The molecule has 3 heterocycles.